The molecule has 0 radical (unpaired) electrons. The SMILES string of the molecule is CC(=O)N1c2ccc(C3CNN(C4CCNCC4)C3)cc2N(C(=O)C2CC2)C[C@@H]1C. The van der Waals surface area contributed by atoms with E-state index in [4.69, 9.17) is 0 Å². The first kappa shape index (κ1) is 20.0. The van der Waals surface area contributed by atoms with Crippen molar-refractivity contribution in [1.82, 2.24) is 15.8 Å². The van der Waals surface area contributed by atoms with E-state index in [-0.39, 0.29) is 23.8 Å². The monoisotopic (exact) mass is 411 g/mol. The minimum Gasteiger partial charge on any atom is -0.317 e. The van der Waals surface area contributed by atoms with E-state index < -0.39 is 0 Å². The van der Waals surface area contributed by atoms with Crippen molar-refractivity contribution in [2.75, 3.05) is 42.5 Å². The zero-order chi connectivity index (χ0) is 20.8. The third kappa shape index (κ3) is 3.63. The van der Waals surface area contributed by atoms with Gasteiger partial charge in [0, 0.05) is 44.4 Å². The average Bonchev–Trinajstić information content (AvgIpc) is 3.49. The molecule has 0 bridgehead atoms. The van der Waals surface area contributed by atoms with E-state index in [2.05, 4.69) is 34.0 Å². The van der Waals surface area contributed by atoms with Crippen LogP contribution < -0.4 is 20.5 Å². The van der Waals surface area contributed by atoms with Crippen molar-refractivity contribution in [2.24, 2.45) is 5.92 Å². The van der Waals surface area contributed by atoms with E-state index in [1.165, 1.54) is 18.4 Å². The maximum atomic E-state index is 13.0. The molecule has 2 saturated heterocycles. The first-order chi connectivity index (χ1) is 14.5. The first-order valence-electron chi connectivity index (χ1n) is 11.5. The third-order valence-electron chi connectivity index (χ3n) is 7.15. The Morgan fingerprint density at radius 1 is 1.03 bits per heavy atom. The molecule has 2 N–H and O–H groups in total. The Balaban J connectivity index is 1.42. The number of carbonyl (C=O) groups is 2. The molecule has 162 valence electrons. The number of fused-ring (bicyclic) bond motifs is 1. The van der Waals surface area contributed by atoms with Crippen LogP contribution in [0.4, 0.5) is 11.4 Å². The minimum atomic E-state index is -0.00732. The minimum absolute atomic E-state index is 0.00732. The predicted octanol–water partition coefficient (Wildman–Crippen LogP) is 1.84. The van der Waals surface area contributed by atoms with Crippen LogP contribution >= 0.6 is 0 Å². The Hall–Kier alpha value is -1.96. The van der Waals surface area contributed by atoms with Gasteiger partial charge in [0.05, 0.1) is 17.4 Å². The molecule has 7 heteroatoms. The second-order valence-corrected chi connectivity index (χ2v) is 9.40. The quantitative estimate of drug-likeness (QED) is 0.795. The summed E-state index contributed by atoms with van der Waals surface area (Å²) < 4.78 is 0. The molecular formula is C23H33N5O2. The summed E-state index contributed by atoms with van der Waals surface area (Å²) in [5, 5.41) is 5.86. The summed E-state index contributed by atoms with van der Waals surface area (Å²) in [6, 6.07) is 6.98. The van der Waals surface area contributed by atoms with Crippen molar-refractivity contribution >= 4 is 23.2 Å². The lowest BCUT2D eigenvalue weighted by Crippen LogP contribution is -2.51. The number of hydrazine groups is 1. The third-order valence-corrected chi connectivity index (χ3v) is 7.15. The van der Waals surface area contributed by atoms with Crippen molar-refractivity contribution in [3.05, 3.63) is 23.8 Å². The molecule has 1 saturated carbocycles. The molecule has 1 aliphatic carbocycles. The van der Waals surface area contributed by atoms with Crippen molar-refractivity contribution in [1.29, 1.82) is 0 Å². The molecule has 3 aliphatic heterocycles. The van der Waals surface area contributed by atoms with E-state index in [0.717, 1.165) is 50.4 Å². The maximum absolute atomic E-state index is 13.0. The summed E-state index contributed by atoms with van der Waals surface area (Å²) >= 11 is 0. The molecule has 3 fully saturated rings. The Morgan fingerprint density at radius 2 is 1.80 bits per heavy atom. The van der Waals surface area contributed by atoms with Crippen molar-refractivity contribution in [2.45, 2.75) is 57.5 Å². The van der Waals surface area contributed by atoms with Crippen LogP contribution in [-0.4, -0.2) is 61.6 Å². The Morgan fingerprint density at radius 3 is 2.50 bits per heavy atom. The van der Waals surface area contributed by atoms with Crippen molar-refractivity contribution < 1.29 is 9.59 Å². The molecule has 7 nitrogen and oxygen atoms in total. The van der Waals surface area contributed by atoms with Crippen LogP contribution in [0.15, 0.2) is 18.2 Å². The number of benzene rings is 1. The zero-order valence-corrected chi connectivity index (χ0v) is 18.1. The van der Waals surface area contributed by atoms with Crippen LogP contribution in [0.25, 0.3) is 0 Å². The van der Waals surface area contributed by atoms with E-state index in [0.29, 0.717) is 18.5 Å². The highest BCUT2D eigenvalue weighted by atomic mass is 16.2. The van der Waals surface area contributed by atoms with Crippen molar-refractivity contribution in [3.63, 3.8) is 0 Å². The van der Waals surface area contributed by atoms with Crippen LogP contribution in [-0.2, 0) is 9.59 Å². The number of amides is 2. The van der Waals surface area contributed by atoms with Gasteiger partial charge in [-0.1, -0.05) is 6.07 Å². The molecule has 5 rings (SSSR count). The highest BCUT2D eigenvalue weighted by Gasteiger charge is 2.40. The maximum Gasteiger partial charge on any atom is 0.230 e. The summed E-state index contributed by atoms with van der Waals surface area (Å²) in [5.74, 6) is 0.827. The van der Waals surface area contributed by atoms with Crippen LogP contribution in [0.3, 0.4) is 0 Å². The molecular weight excluding hydrogens is 378 g/mol. The van der Waals surface area contributed by atoms with Gasteiger partial charge < -0.3 is 15.1 Å². The number of nitrogens with zero attached hydrogens (tertiary/aromatic N) is 3. The largest absolute Gasteiger partial charge is 0.317 e. The second kappa shape index (κ2) is 7.94. The number of piperidine rings is 1. The topological polar surface area (TPSA) is 67.9 Å². The average molecular weight is 412 g/mol. The lowest BCUT2D eigenvalue weighted by atomic mass is 9.96. The van der Waals surface area contributed by atoms with Crippen molar-refractivity contribution in [3.8, 4) is 0 Å². The number of rotatable bonds is 3. The Labute approximate surface area is 178 Å². The normalized spacial score (nSPS) is 27.9. The summed E-state index contributed by atoms with van der Waals surface area (Å²) in [6.07, 6.45) is 4.35. The van der Waals surface area contributed by atoms with Gasteiger partial charge in [0.15, 0.2) is 0 Å². The smallest absolute Gasteiger partial charge is 0.230 e. The number of hydrogen-bond donors (Lipinski definition) is 2. The van der Waals surface area contributed by atoms with Gasteiger partial charge in [-0.3, -0.25) is 15.0 Å². The fourth-order valence-corrected chi connectivity index (χ4v) is 5.35. The molecule has 4 aliphatic rings. The van der Waals surface area contributed by atoms with Gasteiger partial charge in [-0.2, -0.15) is 0 Å². The van der Waals surface area contributed by atoms with Gasteiger partial charge in [0.25, 0.3) is 0 Å². The number of nitrogens with one attached hydrogen (secondary N) is 2. The number of hydrogen-bond acceptors (Lipinski definition) is 5. The molecule has 1 unspecified atom stereocenters. The zero-order valence-electron chi connectivity index (χ0n) is 18.1. The van der Waals surface area contributed by atoms with Gasteiger partial charge in [0.2, 0.25) is 11.8 Å². The lowest BCUT2D eigenvalue weighted by molar-refractivity contribution is -0.120. The molecule has 3 heterocycles. The Bertz CT molecular complexity index is 833. The van der Waals surface area contributed by atoms with Crippen LogP contribution in [0.2, 0.25) is 0 Å². The van der Waals surface area contributed by atoms with E-state index in [1.54, 1.807) is 6.92 Å². The number of anilines is 2. The van der Waals surface area contributed by atoms with Gasteiger partial charge in [-0.15, -0.1) is 0 Å². The van der Waals surface area contributed by atoms with Gasteiger partial charge >= 0.3 is 0 Å². The summed E-state index contributed by atoms with van der Waals surface area (Å²) in [6.45, 7) is 8.31. The molecule has 30 heavy (non-hydrogen) atoms. The van der Waals surface area contributed by atoms with Crippen LogP contribution in [0, 0.1) is 5.92 Å². The fraction of sp³-hybridized carbons (Fsp3) is 0.652. The molecule has 0 spiro atoms. The van der Waals surface area contributed by atoms with E-state index in [9.17, 15) is 9.59 Å². The highest BCUT2D eigenvalue weighted by molar-refractivity contribution is 6.05. The molecule has 2 atom stereocenters. The van der Waals surface area contributed by atoms with E-state index in [1.807, 2.05) is 16.7 Å². The lowest BCUT2D eigenvalue weighted by Gasteiger charge is -2.41. The van der Waals surface area contributed by atoms with Gasteiger partial charge in [-0.25, -0.2) is 5.01 Å². The van der Waals surface area contributed by atoms with Crippen LogP contribution in [0.5, 0.6) is 0 Å². The molecule has 1 aromatic carbocycles. The Kier molecular flexibility index (Phi) is 5.29. The molecule has 1 aromatic rings. The highest BCUT2D eigenvalue weighted by Crippen LogP contribution is 2.41. The predicted molar refractivity (Wildman–Crippen MR) is 117 cm³/mol. The van der Waals surface area contributed by atoms with Gasteiger partial charge in [0.1, 0.15) is 0 Å². The standard InChI is InChI=1S/C23H33N5O2/c1-15-13-26(23(30)17-3-4-17)22-11-18(5-6-21(22)28(15)16(2)29)19-12-25-27(14-19)20-7-9-24-10-8-20/h5-6,11,15,17,19-20,24-25H,3-4,7-10,12-14H2,1-2H3/t15-,19?/m0/s1. The fourth-order valence-electron chi connectivity index (χ4n) is 5.35. The molecule has 2 amide bonds. The summed E-state index contributed by atoms with van der Waals surface area (Å²) in [7, 11) is 0. The first-order valence-corrected chi connectivity index (χ1v) is 11.5. The summed E-state index contributed by atoms with van der Waals surface area (Å²) in [5.41, 5.74) is 6.66. The summed E-state index contributed by atoms with van der Waals surface area (Å²) in [4.78, 5) is 29.2. The second-order valence-electron chi connectivity index (χ2n) is 9.40. The number of carbonyl (C=O) groups excluding carboxylic acids is 2. The van der Waals surface area contributed by atoms with Crippen LogP contribution in [0.1, 0.15) is 51.0 Å². The molecule has 0 aromatic heterocycles. The van der Waals surface area contributed by atoms with E-state index >= 15 is 0 Å². The van der Waals surface area contributed by atoms with Gasteiger partial charge in [-0.05, 0) is 63.4 Å².